The lowest BCUT2D eigenvalue weighted by atomic mass is 9.61. The van der Waals surface area contributed by atoms with Crippen molar-refractivity contribution in [2.75, 3.05) is 0 Å². The summed E-state index contributed by atoms with van der Waals surface area (Å²) in [5.74, 6) is 2.59. The van der Waals surface area contributed by atoms with Crippen molar-refractivity contribution in [3.05, 3.63) is 45.4 Å². The second-order valence-corrected chi connectivity index (χ2v) is 14.1. The summed E-state index contributed by atoms with van der Waals surface area (Å²) in [5.41, 5.74) is 2.99. The van der Waals surface area contributed by atoms with Gasteiger partial charge < -0.3 is 10.2 Å². The number of imide groups is 1. The van der Waals surface area contributed by atoms with E-state index in [4.69, 9.17) is 4.98 Å². The molecular weight excluding hydrogens is 528 g/mol. The van der Waals surface area contributed by atoms with Crippen LogP contribution < -0.4 is 10.6 Å². The maximum atomic E-state index is 13.1. The minimum absolute atomic E-state index is 0.129. The highest BCUT2D eigenvalue weighted by atomic mass is 32.2. The Morgan fingerprint density at radius 2 is 1.97 bits per heavy atom. The number of thiazole rings is 1. The van der Waals surface area contributed by atoms with Crippen molar-refractivity contribution in [1.29, 1.82) is 0 Å². The second kappa shape index (κ2) is 11.0. The van der Waals surface area contributed by atoms with Crippen LogP contribution in [-0.4, -0.2) is 39.2 Å². The molecular formula is C30H38N4O3S2. The predicted octanol–water partition coefficient (Wildman–Crippen LogP) is 5.28. The highest BCUT2D eigenvalue weighted by Crippen LogP contribution is 2.47. The van der Waals surface area contributed by atoms with Gasteiger partial charge in [0.25, 0.3) is 5.91 Å². The molecule has 1 saturated heterocycles. The number of rotatable bonds is 8. The van der Waals surface area contributed by atoms with Crippen LogP contribution in [0.5, 0.6) is 0 Å². The van der Waals surface area contributed by atoms with Gasteiger partial charge in [-0.2, -0.15) is 0 Å². The van der Waals surface area contributed by atoms with E-state index >= 15 is 0 Å². The molecule has 39 heavy (non-hydrogen) atoms. The van der Waals surface area contributed by atoms with Gasteiger partial charge in [-0.15, -0.1) is 23.1 Å². The first-order chi connectivity index (χ1) is 18.8. The van der Waals surface area contributed by atoms with Gasteiger partial charge in [-0.1, -0.05) is 19.9 Å². The molecule has 3 fully saturated rings. The number of piperidine rings is 1. The summed E-state index contributed by atoms with van der Waals surface area (Å²) in [6, 6.07) is 5.21. The molecule has 2 aliphatic carbocycles. The van der Waals surface area contributed by atoms with Crippen LogP contribution in [0, 0.1) is 17.8 Å². The average molecular weight is 567 g/mol. The van der Waals surface area contributed by atoms with E-state index in [2.05, 4.69) is 29.9 Å². The number of hydrogen-bond acceptors (Lipinski definition) is 7. The summed E-state index contributed by atoms with van der Waals surface area (Å²) in [4.78, 5) is 44.7. The van der Waals surface area contributed by atoms with E-state index < -0.39 is 6.04 Å². The summed E-state index contributed by atoms with van der Waals surface area (Å²) in [5, 5.41) is 9.60. The zero-order valence-corrected chi connectivity index (χ0v) is 24.5. The number of thioether (sulfide) groups is 1. The molecule has 1 aromatic carbocycles. The van der Waals surface area contributed by atoms with Gasteiger partial charge in [-0.25, -0.2) is 4.98 Å². The zero-order chi connectivity index (χ0) is 27.1. The minimum Gasteiger partial charge on any atom is -0.322 e. The highest BCUT2D eigenvalue weighted by Gasteiger charge is 2.42. The third-order valence-electron chi connectivity index (χ3n) is 9.31. The van der Waals surface area contributed by atoms with Crippen molar-refractivity contribution in [3.8, 4) is 0 Å². The standard InChI is InChI=1S/C30H38N4O3S2/c1-3-30(12-19-9-18(2)10-20(11-19)13-30)31-14-21-16-39-27(32-21)17-38-25-6-4-5-22-23(25)15-34(29(22)37)24-7-8-26(35)33-28(24)36/h4-6,16,18-20,24,31H,3,7-15,17H2,1-2H3,(H,33,35,36). The van der Waals surface area contributed by atoms with Crippen molar-refractivity contribution in [2.24, 2.45) is 17.8 Å². The van der Waals surface area contributed by atoms with Crippen LogP contribution in [0.25, 0.3) is 0 Å². The number of amides is 3. The van der Waals surface area contributed by atoms with Crippen molar-refractivity contribution < 1.29 is 14.4 Å². The summed E-state index contributed by atoms with van der Waals surface area (Å²) >= 11 is 3.40. The molecule has 2 saturated carbocycles. The summed E-state index contributed by atoms with van der Waals surface area (Å²) in [7, 11) is 0. The Hall–Kier alpha value is -2.23. The van der Waals surface area contributed by atoms with Gasteiger partial charge >= 0.3 is 0 Å². The minimum atomic E-state index is -0.590. The fourth-order valence-electron chi connectivity index (χ4n) is 7.58. The van der Waals surface area contributed by atoms with E-state index in [1.807, 2.05) is 18.2 Å². The lowest BCUT2D eigenvalue weighted by molar-refractivity contribution is -0.136. The fraction of sp³-hybridized carbons (Fsp3) is 0.600. The van der Waals surface area contributed by atoms with E-state index in [1.165, 1.54) is 38.5 Å². The van der Waals surface area contributed by atoms with Crippen LogP contribution in [0.3, 0.4) is 0 Å². The molecule has 7 nitrogen and oxygen atoms in total. The van der Waals surface area contributed by atoms with Gasteiger partial charge in [-0.3, -0.25) is 19.7 Å². The molecule has 0 radical (unpaired) electrons. The number of aromatic nitrogens is 1. The molecule has 3 atom stereocenters. The van der Waals surface area contributed by atoms with Gasteiger partial charge in [0.15, 0.2) is 0 Å². The van der Waals surface area contributed by atoms with Crippen LogP contribution in [0.2, 0.25) is 0 Å². The van der Waals surface area contributed by atoms with Gasteiger partial charge in [0.1, 0.15) is 11.0 Å². The Bertz CT molecular complexity index is 1260. The molecule has 3 amide bonds. The number of fused-ring (bicyclic) bond motifs is 3. The third kappa shape index (κ3) is 5.55. The Morgan fingerprint density at radius 3 is 2.72 bits per heavy atom. The van der Waals surface area contributed by atoms with Gasteiger partial charge in [-0.05, 0) is 80.4 Å². The molecule has 3 unspecified atom stereocenters. The van der Waals surface area contributed by atoms with Crippen molar-refractivity contribution in [1.82, 2.24) is 20.5 Å². The monoisotopic (exact) mass is 566 g/mol. The topological polar surface area (TPSA) is 91.4 Å². The summed E-state index contributed by atoms with van der Waals surface area (Å²) in [6.07, 6.45) is 8.61. The van der Waals surface area contributed by atoms with Crippen LogP contribution in [-0.2, 0) is 28.4 Å². The molecule has 2 aliphatic heterocycles. The fourth-order valence-corrected chi connectivity index (χ4v) is 9.48. The molecule has 208 valence electrons. The summed E-state index contributed by atoms with van der Waals surface area (Å²) in [6.45, 7) is 5.98. The van der Waals surface area contributed by atoms with Crippen molar-refractivity contribution >= 4 is 40.8 Å². The Morgan fingerprint density at radius 1 is 1.18 bits per heavy atom. The molecule has 4 aliphatic rings. The second-order valence-electron chi connectivity index (χ2n) is 12.1. The quantitative estimate of drug-likeness (QED) is 0.334. The molecule has 2 bridgehead atoms. The predicted molar refractivity (Wildman–Crippen MR) is 153 cm³/mol. The molecule has 6 rings (SSSR count). The average Bonchev–Trinajstić information content (AvgIpc) is 3.50. The van der Waals surface area contributed by atoms with Gasteiger partial charge in [0.2, 0.25) is 11.8 Å². The SMILES string of the molecule is CCC1(NCc2csc(CSc3cccc4c3CN(C3CCC(=O)NC3=O)C4=O)n2)CC2CC(C)CC(C2)C1. The maximum Gasteiger partial charge on any atom is 0.255 e. The number of nitrogens with one attached hydrogen (secondary N) is 2. The highest BCUT2D eigenvalue weighted by molar-refractivity contribution is 7.98. The molecule has 9 heteroatoms. The first-order valence-corrected chi connectivity index (χ1v) is 16.3. The third-order valence-corrected chi connectivity index (χ3v) is 11.5. The van der Waals surface area contributed by atoms with E-state index in [0.29, 0.717) is 18.5 Å². The van der Waals surface area contributed by atoms with Crippen LogP contribution in [0.15, 0.2) is 28.5 Å². The maximum absolute atomic E-state index is 13.1. The van der Waals surface area contributed by atoms with E-state index in [9.17, 15) is 14.4 Å². The largest absolute Gasteiger partial charge is 0.322 e. The van der Waals surface area contributed by atoms with E-state index in [-0.39, 0.29) is 29.7 Å². The zero-order valence-electron chi connectivity index (χ0n) is 22.8. The van der Waals surface area contributed by atoms with Gasteiger partial charge in [0.05, 0.1) is 11.4 Å². The number of nitrogens with zero attached hydrogens (tertiary/aromatic N) is 2. The lowest BCUT2D eigenvalue weighted by Gasteiger charge is -2.49. The van der Waals surface area contributed by atoms with E-state index in [1.54, 1.807) is 28.0 Å². The van der Waals surface area contributed by atoms with Crippen LogP contribution in [0.1, 0.15) is 91.8 Å². The normalized spacial score (nSPS) is 30.4. The molecule has 2 aromatic rings. The van der Waals surface area contributed by atoms with E-state index in [0.717, 1.165) is 51.2 Å². The first kappa shape index (κ1) is 27.0. The first-order valence-electron chi connectivity index (χ1n) is 14.4. The molecule has 1 aromatic heterocycles. The molecule has 0 spiro atoms. The Balaban J connectivity index is 1.07. The number of benzene rings is 1. The number of carbonyl (C=O) groups excluding carboxylic acids is 3. The Kier molecular flexibility index (Phi) is 7.59. The summed E-state index contributed by atoms with van der Waals surface area (Å²) < 4.78 is 0. The lowest BCUT2D eigenvalue weighted by Crippen LogP contribution is -2.52. The van der Waals surface area contributed by atoms with Crippen molar-refractivity contribution in [2.45, 2.75) is 101 Å². The van der Waals surface area contributed by atoms with Crippen molar-refractivity contribution in [3.63, 3.8) is 0 Å². The number of hydrogen-bond donors (Lipinski definition) is 2. The van der Waals surface area contributed by atoms with Crippen LogP contribution in [0.4, 0.5) is 0 Å². The van der Waals surface area contributed by atoms with Crippen LogP contribution >= 0.6 is 23.1 Å². The Labute approximate surface area is 238 Å². The van der Waals surface area contributed by atoms with Gasteiger partial charge in [0, 0.05) is 40.9 Å². The molecule has 3 heterocycles. The number of carbonyl (C=O) groups is 3. The smallest absolute Gasteiger partial charge is 0.255 e. The molecule has 2 N–H and O–H groups in total.